The Kier molecular flexibility index (Phi) is 3.58. The van der Waals surface area contributed by atoms with Gasteiger partial charge in [-0.25, -0.2) is 0 Å². The number of methoxy groups -OCH3 is 1. The minimum absolute atomic E-state index is 0.175. The first-order valence-corrected chi connectivity index (χ1v) is 7.18. The highest BCUT2D eigenvalue weighted by atomic mass is 35.5. The second kappa shape index (κ2) is 5.37. The van der Waals surface area contributed by atoms with Crippen LogP contribution >= 0.6 is 11.6 Å². The SMILES string of the molecule is COc1cccc(C(Cl)c2ccc3c(c2)CC(C)O3)c1. The molecule has 2 atom stereocenters. The van der Waals surface area contributed by atoms with Gasteiger partial charge in [0.25, 0.3) is 0 Å². The fourth-order valence-electron chi connectivity index (χ4n) is 2.59. The lowest BCUT2D eigenvalue weighted by Gasteiger charge is -2.12. The van der Waals surface area contributed by atoms with E-state index in [1.165, 1.54) is 5.56 Å². The Hall–Kier alpha value is -1.67. The highest BCUT2D eigenvalue weighted by Crippen LogP contribution is 2.36. The van der Waals surface area contributed by atoms with Gasteiger partial charge in [0.15, 0.2) is 0 Å². The Labute approximate surface area is 124 Å². The van der Waals surface area contributed by atoms with Crippen LogP contribution in [0.1, 0.15) is 29.0 Å². The Morgan fingerprint density at radius 1 is 1.20 bits per heavy atom. The fourth-order valence-corrected chi connectivity index (χ4v) is 2.86. The van der Waals surface area contributed by atoms with E-state index in [-0.39, 0.29) is 11.5 Å². The van der Waals surface area contributed by atoms with Crippen molar-refractivity contribution >= 4 is 11.6 Å². The average Bonchev–Trinajstić information content (AvgIpc) is 2.85. The zero-order valence-corrected chi connectivity index (χ0v) is 12.4. The van der Waals surface area contributed by atoms with E-state index < -0.39 is 0 Å². The molecule has 20 heavy (non-hydrogen) atoms. The molecule has 0 bridgehead atoms. The normalized spacial score (nSPS) is 18.2. The summed E-state index contributed by atoms with van der Waals surface area (Å²) < 4.78 is 11.0. The first kappa shape index (κ1) is 13.3. The Bertz CT molecular complexity index is 624. The number of benzene rings is 2. The molecule has 2 aromatic rings. The summed E-state index contributed by atoms with van der Waals surface area (Å²) >= 11 is 6.60. The smallest absolute Gasteiger partial charge is 0.123 e. The largest absolute Gasteiger partial charge is 0.497 e. The maximum atomic E-state index is 6.60. The maximum absolute atomic E-state index is 6.60. The van der Waals surface area contributed by atoms with Gasteiger partial charge in [0.1, 0.15) is 17.6 Å². The third-order valence-corrected chi connectivity index (χ3v) is 4.10. The molecule has 0 N–H and O–H groups in total. The third-order valence-electron chi connectivity index (χ3n) is 3.60. The summed E-state index contributed by atoms with van der Waals surface area (Å²) in [6.07, 6.45) is 1.20. The molecule has 0 saturated carbocycles. The van der Waals surface area contributed by atoms with Gasteiger partial charge in [-0.15, -0.1) is 11.6 Å². The van der Waals surface area contributed by atoms with Gasteiger partial charge >= 0.3 is 0 Å². The summed E-state index contributed by atoms with van der Waals surface area (Å²) in [5.41, 5.74) is 3.37. The van der Waals surface area contributed by atoms with Crippen molar-refractivity contribution in [3.05, 3.63) is 59.2 Å². The Balaban J connectivity index is 1.91. The predicted molar refractivity (Wildman–Crippen MR) is 80.9 cm³/mol. The van der Waals surface area contributed by atoms with Crippen molar-refractivity contribution in [1.29, 1.82) is 0 Å². The number of alkyl halides is 1. The van der Waals surface area contributed by atoms with Gasteiger partial charge in [0.2, 0.25) is 0 Å². The summed E-state index contributed by atoms with van der Waals surface area (Å²) in [4.78, 5) is 0. The first-order valence-electron chi connectivity index (χ1n) is 6.75. The number of ether oxygens (including phenoxy) is 2. The zero-order chi connectivity index (χ0) is 14.1. The Morgan fingerprint density at radius 3 is 2.80 bits per heavy atom. The van der Waals surface area contributed by atoms with Crippen LogP contribution in [-0.4, -0.2) is 13.2 Å². The number of halogens is 1. The van der Waals surface area contributed by atoms with E-state index in [1.54, 1.807) is 7.11 Å². The van der Waals surface area contributed by atoms with E-state index in [2.05, 4.69) is 13.0 Å². The summed E-state index contributed by atoms with van der Waals surface area (Å²) in [5.74, 6) is 1.81. The molecule has 0 spiro atoms. The molecule has 3 rings (SSSR count). The van der Waals surface area contributed by atoms with Gasteiger partial charge in [0, 0.05) is 6.42 Å². The Morgan fingerprint density at radius 2 is 2.00 bits per heavy atom. The van der Waals surface area contributed by atoms with E-state index in [0.717, 1.165) is 29.0 Å². The molecule has 2 aromatic carbocycles. The molecular formula is C17H17ClO2. The summed E-state index contributed by atoms with van der Waals surface area (Å²) in [6.45, 7) is 2.08. The van der Waals surface area contributed by atoms with Gasteiger partial charge in [-0.2, -0.15) is 0 Å². The summed E-state index contributed by atoms with van der Waals surface area (Å²) in [6, 6.07) is 14.1. The molecule has 0 fully saturated rings. The van der Waals surface area contributed by atoms with E-state index >= 15 is 0 Å². The molecule has 0 amide bonds. The third kappa shape index (κ3) is 2.48. The second-order valence-electron chi connectivity index (χ2n) is 5.14. The van der Waals surface area contributed by atoms with E-state index in [0.29, 0.717) is 0 Å². The maximum Gasteiger partial charge on any atom is 0.123 e. The number of rotatable bonds is 3. The van der Waals surface area contributed by atoms with E-state index in [1.807, 2.05) is 36.4 Å². The number of fused-ring (bicyclic) bond motifs is 1. The van der Waals surface area contributed by atoms with Gasteiger partial charge in [-0.1, -0.05) is 24.3 Å². The predicted octanol–water partition coefficient (Wildman–Crippen LogP) is 4.35. The van der Waals surface area contributed by atoms with Crippen molar-refractivity contribution in [2.24, 2.45) is 0 Å². The van der Waals surface area contributed by atoms with Crippen LogP contribution in [-0.2, 0) is 6.42 Å². The molecule has 2 nitrogen and oxygen atoms in total. The van der Waals surface area contributed by atoms with Crippen LogP contribution in [0.25, 0.3) is 0 Å². The summed E-state index contributed by atoms with van der Waals surface area (Å²) in [7, 11) is 1.66. The molecule has 104 valence electrons. The zero-order valence-electron chi connectivity index (χ0n) is 11.6. The molecule has 1 heterocycles. The molecule has 0 aromatic heterocycles. The minimum Gasteiger partial charge on any atom is -0.497 e. The van der Waals surface area contributed by atoms with Crippen molar-refractivity contribution in [2.45, 2.75) is 24.8 Å². The molecule has 2 unspecified atom stereocenters. The van der Waals surface area contributed by atoms with Gasteiger partial charge in [-0.3, -0.25) is 0 Å². The van der Waals surface area contributed by atoms with Crippen LogP contribution in [0, 0.1) is 0 Å². The molecule has 1 aliphatic rings. The van der Waals surface area contributed by atoms with Crippen LogP contribution in [0.4, 0.5) is 0 Å². The highest BCUT2D eigenvalue weighted by molar-refractivity contribution is 6.22. The van der Waals surface area contributed by atoms with Crippen molar-refractivity contribution in [3.63, 3.8) is 0 Å². The standard InChI is InChI=1S/C17H17ClO2/c1-11-8-14-9-13(6-7-16(14)20-11)17(18)12-4-3-5-15(10-12)19-2/h3-7,9-11,17H,8H2,1-2H3. The van der Waals surface area contributed by atoms with Crippen molar-refractivity contribution < 1.29 is 9.47 Å². The van der Waals surface area contributed by atoms with Crippen LogP contribution < -0.4 is 9.47 Å². The minimum atomic E-state index is -0.175. The summed E-state index contributed by atoms with van der Waals surface area (Å²) in [5, 5.41) is -0.175. The molecule has 0 saturated heterocycles. The lowest BCUT2D eigenvalue weighted by atomic mass is 10.0. The van der Waals surface area contributed by atoms with Crippen LogP contribution in [0.5, 0.6) is 11.5 Å². The van der Waals surface area contributed by atoms with Crippen LogP contribution in [0.15, 0.2) is 42.5 Å². The van der Waals surface area contributed by atoms with Crippen molar-refractivity contribution in [3.8, 4) is 11.5 Å². The molecular weight excluding hydrogens is 272 g/mol. The first-order chi connectivity index (χ1) is 9.67. The molecule has 0 aliphatic carbocycles. The van der Waals surface area contributed by atoms with Gasteiger partial charge < -0.3 is 9.47 Å². The highest BCUT2D eigenvalue weighted by Gasteiger charge is 2.21. The molecule has 0 radical (unpaired) electrons. The van der Waals surface area contributed by atoms with Crippen molar-refractivity contribution in [1.82, 2.24) is 0 Å². The van der Waals surface area contributed by atoms with E-state index in [9.17, 15) is 0 Å². The lowest BCUT2D eigenvalue weighted by Crippen LogP contribution is -2.05. The van der Waals surface area contributed by atoms with Gasteiger partial charge in [-0.05, 0) is 41.8 Å². The number of hydrogen-bond acceptors (Lipinski definition) is 2. The molecule has 3 heteroatoms. The monoisotopic (exact) mass is 288 g/mol. The van der Waals surface area contributed by atoms with Crippen LogP contribution in [0.3, 0.4) is 0 Å². The van der Waals surface area contributed by atoms with Crippen LogP contribution in [0.2, 0.25) is 0 Å². The lowest BCUT2D eigenvalue weighted by molar-refractivity contribution is 0.254. The molecule has 1 aliphatic heterocycles. The average molecular weight is 289 g/mol. The topological polar surface area (TPSA) is 18.5 Å². The number of hydrogen-bond donors (Lipinski definition) is 0. The van der Waals surface area contributed by atoms with Crippen molar-refractivity contribution in [2.75, 3.05) is 7.11 Å². The van der Waals surface area contributed by atoms with Gasteiger partial charge in [0.05, 0.1) is 12.5 Å². The second-order valence-corrected chi connectivity index (χ2v) is 5.58. The fraction of sp³-hybridized carbons (Fsp3) is 0.294. The quantitative estimate of drug-likeness (QED) is 0.782. The van der Waals surface area contributed by atoms with E-state index in [4.69, 9.17) is 21.1 Å².